The van der Waals surface area contributed by atoms with Gasteiger partial charge in [0.2, 0.25) is 0 Å². The minimum absolute atomic E-state index is 0.132. The van der Waals surface area contributed by atoms with Gasteiger partial charge in [-0.05, 0) is 18.6 Å². The number of hydrogen-bond donors (Lipinski definition) is 0. The van der Waals surface area contributed by atoms with Crippen LogP contribution in [-0.4, -0.2) is 6.79 Å². The Kier molecular flexibility index (Phi) is 4.12. The lowest BCUT2D eigenvalue weighted by atomic mass is 10.2. The minimum atomic E-state index is -0.132. The average molecular weight is 140 g/mol. The molecule has 0 aliphatic rings. The highest BCUT2D eigenvalue weighted by Crippen LogP contribution is 2.01. The van der Waals surface area contributed by atoms with E-state index in [1.165, 1.54) is 6.07 Å². The van der Waals surface area contributed by atoms with Crippen molar-refractivity contribution in [1.82, 2.24) is 0 Å². The zero-order valence-corrected chi connectivity index (χ0v) is 5.80. The molecule has 0 bridgehead atoms. The molecule has 0 amide bonds. The van der Waals surface area contributed by atoms with Gasteiger partial charge in [0.1, 0.15) is 12.6 Å². The molecule has 0 saturated carbocycles. The monoisotopic (exact) mass is 140 g/mol. The molecule has 1 nitrogen and oxygen atoms in total. The second kappa shape index (κ2) is 4.68. The van der Waals surface area contributed by atoms with Crippen molar-refractivity contribution in [2.45, 2.75) is 6.92 Å². The summed E-state index contributed by atoms with van der Waals surface area (Å²) in [5, 5.41) is 0. The Morgan fingerprint density at radius 2 is 1.80 bits per heavy atom. The number of carbonyl (C=O) groups excluding carboxylic acids is 1. The van der Waals surface area contributed by atoms with Crippen LogP contribution in [0.2, 0.25) is 0 Å². The third kappa shape index (κ3) is 2.40. The molecule has 1 rings (SSSR count). The highest BCUT2D eigenvalue weighted by molar-refractivity contribution is 5.14. The fourth-order valence-corrected chi connectivity index (χ4v) is 0.551. The van der Waals surface area contributed by atoms with Crippen LogP contribution >= 0.6 is 0 Å². The van der Waals surface area contributed by atoms with Crippen molar-refractivity contribution < 1.29 is 9.18 Å². The molecule has 2 heteroatoms. The van der Waals surface area contributed by atoms with Crippen molar-refractivity contribution in [2.75, 3.05) is 0 Å². The summed E-state index contributed by atoms with van der Waals surface area (Å²) in [6.45, 7) is 3.75. The van der Waals surface area contributed by atoms with Gasteiger partial charge in [0, 0.05) is 0 Å². The van der Waals surface area contributed by atoms with E-state index in [-0.39, 0.29) is 5.82 Å². The molecule has 0 atom stereocenters. The zero-order valence-electron chi connectivity index (χ0n) is 5.80. The van der Waals surface area contributed by atoms with E-state index in [4.69, 9.17) is 4.79 Å². The largest absolute Gasteiger partial charge is 0.307 e. The molecule has 1 aromatic carbocycles. The number of benzene rings is 1. The summed E-state index contributed by atoms with van der Waals surface area (Å²) in [6, 6.07) is 6.70. The Balaban J connectivity index is 0.000000371. The van der Waals surface area contributed by atoms with Gasteiger partial charge < -0.3 is 4.79 Å². The third-order valence-electron chi connectivity index (χ3n) is 1.08. The lowest BCUT2D eigenvalue weighted by molar-refractivity contribution is -0.0979. The van der Waals surface area contributed by atoms with Crippen molar-refractivity contribution in [3.8, 4) is 0 Å². The standard InChI is InChI=1S/C7H7F.CH2O/c1-6-4-2-3-5-7(6)8;1-2/h2-5H,1H3;1H2. The van der Waals surface area contributed by atoms with Crippen LogP contribution in [0.25, 0.3) is 0 Å². The predicted molar refractivity (Wildman–Crippen MR) is 38.3 cm³/mol. The highest BCUT2D eigenvalue weighted by atomic mass is 19.1. The number of halogens is 1. The second-order valence-corrected chi connectivity index (χ2v) is 1.75. The number of carbonyl (C=O) groups is 1. The smallest absolute Gasteiger partial charge is 0.126 e. The van der Waals surface area contributed by atoms with Crippen LogP contribution in [0, 0.1) is 12.7 Å². The molecule has 10 heavy (non-hydrogen) atoms. The van der Waals surface area contributed by atoms with Crippen molar-refractivity contribution in [2.24, 2.45) is 0 Å². The van der Waals surface area contributed by atoms with Crippen molar-refractivity contribution >= 4 is 6.79 Å². The van der Waals surface area contributed by atoms with E-state index in [9.17, 15) is 4.39 Å². The SMILES string of the molecule is C=O.Cc1ccccc1F. The van der Waals surface area contributed by atoms with E-state index < -0.39 is 0 Å². The summed E-state index contributed by atoms with van der Waals surface area (Å²) in [4.78, 5) is 8.00. The molecule has 54 valence electrons. The normalized spacial score (nSPS) is 7.80. The van der Waals surface area contributed by atoms with Crippen LogP contribution in [0.15, 0.2) is 24.3 Å². The van der Waals surface area contributed by atoms with Crippen LogP contribution in [0.1, 0.15) is 5.56 Å². The predicted octanol–water partition coefficient (Wildman–Crippen LogP) is 1.95. The van der Waals surface area contributed by atoms with Gasteiger partial charge in [-0.2, -0.15) is 0 Å². The lowest BCUT2D eigenvalue weighted by Crippen LogP contribution is -1.76. The number of rotatable bonds is 0. The topological polar surface area (TPSA) is 17.1 Å². The molecule has 0 aliphatic heterocycles. The van der Waals surface area contributed by atoms with Crippen LogP contribution in [0.3, 0.4) is 0 Å². The summed E-state index contributed by atoms with van der Waals surface area (Å²) in [5.74, 6) is -0.132. The minimum Gasteiger partial charge on any atom is -0.307 e. The first kappa shape index (κ1) is 8.82. The molecular formula is C8H9FO. The Morgan fingerprint density at radius 3 is 2.10 bits per heavy atom. The maximum absolute atomic E-state index is 12.3. The third-order valence-corrected chi connectivity index (χ3v) is 1.08. The van der Waals surface area contributed by atoms with Gasteiger partial charge in [0.25, 0.3) is 0 Å². The first-order valence-electron chi connectivity index (χ1n) is 2.81. The van der Waals surface area contributed by atoms with Crippen LogP contribution in [0.5, 0.6) is 0 Å². The van der Waals surface area contributed by atoms with E-state index in [2.05, 4.69) is 0 Å². The lowest BCUT2D eigenvalue weighted by Gasteiger charge is -1.89. The van der Waals surface area contributed by atoms with Gasteiger partial charge in [-0.1, -0.05) is 18.2 Å². The van der Waals surface area contributed by atoms with E-state index in [1.54, 1.807) is 19.1 Å². The Hall–Kier alpha value is -1.18. The summed E-state index contributed by atoms with van der Waals surface area (Å²) < 4.78 is 12.3. The molecule has 0 fully saturated rings. The Labute approximate surface area is 59.5 Å². The van der Waals surface area contributed by atoms with Gasteiger partial charge in [-0.25, -0.2) is 4.39 Å². The van der Waals surface area contributed by atoms with E-state index in [0.717, 1.165) is 0 Å². The molecule has 1 aromatic rings. The molecule has 0 aliphatic carbocycles. The second-order valence-electron chi connectivity index (χ2n) is 1.75. The first-order chi connectivity index (χ1) is 4.80. The van der Waals surface area contributed by atoms with Crippen LogP contribution < -0.4 is 0 Å². The maximum Gasteiger partial charge on any atom is 0.126 e. The Morgan fingerprint density at radius 1 is 1.30 bits per heavy atom. The maximum atomic E-state index is 12.3. The Bertz CT molecular complexity index is 177. The van der Waals surface area contributed by atoms with Crippen molar-refractivity contribution in [1.29, 1.82) is 0 Å². The molecule has 0 radical (unpaired) electrons. The van der Waals surface area contributed by atoms with Gasteiger partial charge in [-0.3, -0.25) is 0 Å². The van der Waals surface area contributed by atoms with Crippen molar-refractivity contribution in [3.05, 3.63) is 35.6 Å². The fraction of sp³-hybridized carbons (Fsp3) is 0.125. The molecule has 0 spiro atoms. The average Bonchev–Trinajstić information content (AvgIpc) is 2.00. The zero-order chi connectivity index (χ0) is 7.98. The molecule has 0 N–H and O–H groups in total. The quantitative estimate of drug-likeness (QED) is 0.538. The highest BCUT2D eigenvalue weighted by Gasteiger charge is 1.88. The summed E-state index contributed by atoms with van der Waals surface area (Å²) in [6.07, 6.45) is 0. The first-order valence-corrected chi connectivity index (χ1v) is 2.81. The van der Waals surface area contributed by atoms with Crippen molar-refractivity contribution in [3.63, 3.8) is 0 Å². The summed E-state index contributed by atoms with van der Waals surface area (Å²) in [7, 11) is 0. The fourth-order valence-electron chi connectivity index (χ4n) is 0.551. The van der Waals surface area contributed by atoms with Gasteiger partial charge in [0.05, 0.1) is 0 Å². The van der Waals surface area contributed by atoms with Gasteiger partial charge >= 0.3 is 0 Å². The van der Waals surface area contributed by atoms with Gasteiger partial charge in [-0.15, -0.1) is 0 Å². The molecule has 0 saturated heterocycles. The number of aryl methyl sites for hydroxylation is 1. The molecule has 0 heterocycles. The number of hydrogen-bond acceptors (Lipinski definition) is 1. The molecule has 0 unspecified atom stereocenters. The summed E-state index contributed by atoms with van der Waals surface area (Å²) in [5.41, 5.74) is 0.701. The molecular weight excluding hydrogens is 131 g/mol. The van der Waals surface area contributed by atoms with E-state index >= 15 is 0 Å². The van der Waals surface area contributed by atoms with E-state index in [1.807, 2.05) is 12.9 Å². The van der Waals surface area contributed by atoms with Crippen LogP contribution in [-0.2, 0) is 4.79 Å². The van der Waals surface area contributed by atoms with E-state index in [0.29, 0.717) is 5.56 Å². The van der Waals surface area contributed by atoms with Crippen LogP contribution in [0.4, 0.5) is 4.39 Å². The summed E-state index contributed by atoms with van der Waals surface area (Å²) >= 11 is 0. The van der Waals surface area contributed by atoms with Gasteiger partial charge in [0.15, 0.2) is 0 Å². The molecule has 0 aromatic heterocycles.